The van der Waals surface area contributed by atoms with Crippen molar-refractivity contribution < 1.29 is 4.52 Å². The summed E-state index contributed by atoms with van der Waals surface area (Å²) in [5, 5.41) is 3.79. The Morgan fingerprint density at radius 2 is 2.15 bits per heavy atom. The fourth-order valence-corrected chi connectivity index (χ4v) is 1.47. The average Bonchev–Trinajstić information content (AvgIpc) is 2.62. The zero-order chi connectivity index (χ0) is 9.10. The van der Waals surface area contributed by atoms with Crippen LogP contribution in [0.2, 0.25) is 0 Å². The molecule has 5 heteroatoms. The van der Waals surface area contributed by atoms with Gasteiger partial charge in [-0.1, -0.05) is 5.16 Å². The number of likely N-dealkylation sites (N-methyl/N-ethyl adjacent to an activating group) is 1. The Kier molecular flexibility index (Phi) is 2.56. The van der Waals surface area contributed by atoms with Gasteiger partial charge in [0.2, 0.25) is 6.39 Å². The second kappa shape index (κ2) is 3.85. The van der Waals surface area contributed by atoms with E-state index in [9.17, 15) is 0 Å². The van der Waals surface area contributed by atoms with E-state index >= 15 is 0 Å². The van der Waals surface area contributed by atoms with Crippen molar-refractivity contribution in [3.63, 3.8) is 0 Å². The Bertz CT molecular complexity index is 241. The molecule has 0 radical (unpaired) electrons. The molecule has 0 aliphatic carbocycles. The monoisotopic (exact) mass is 182 g/mol. The first-order chi connectivity index (χ1) is 6.34. The quantitative estimate of drug-likeness (QED) is 0.634. The van der Waals surface area contributed by atoms with Crippen LogP contribution in [0.1, 0.15) is 5.82 Å². The predicted molar refractivity (Wildman–Crippen MR) is 47.1 cm³/mol. The van der Waals surface area contributed by atoms with Crippen LogP contribution in [0, 0.1) is 0 Å². The first-order valence-corrected chi connectivity index (χ1v) is 4.51. The highest BCUT2D eigenvalue weighted by Crippen LogP contribution is 2.03. The van der Waals surface area contributed by atoms with Gasteiger partial charge in [-0.15, -0.1) is 0 Å². The molecule has 0 atom stereocenters. The van der Waals surface area contributed by atoms with Crippen molar-refractivity contribution in [1.82, 2.24) is 19.9 Å². The van der Waals surface area contributed by atoms with Crippen molar-refractivity contribution in [2.75, 3.05) is 33.2 Å². The van der Waals surface area contributed by atoms with Crippen LogP contribution in [-0.2, 0) is 6.54 Å². The fourth-order valence-electron chi connectivity index (χ4n) is 1.47. The largest absolute Gasteiger partial charge is 0.343 e. The molecule has 0 saturated carbocycles. The zero-order valence-corrected chi connectivity index (χ0v) is 7.81. The van der Waals surface area contributed by atoms with Gasteiger partial charge in [-0.2, -0.15) is 4.98 Å². The van der Waals surface area contributed by atoms with Crippen LogP contribution in [0.5, 0.6) is 0 Å². The highest BCUT2D eigenvalue weighted by Gasteiger charge is 2.15. The molecule has 5 nitrogen and oxygen atoms in total. The molecular formula is C8H14N4O. The normalized spacial score (nSPS) is 20.7. The summed E-state index contributed by atoms with van der Waals surface area (Å²) in [7, 11) is 2.14. The molecule has 1 saturated heterocycles. The predicted octanol–water partition coefficient (Wildman–Crippen LogP) is -0.183. The van der Waals surface area contributed by atoms with Crippen molar-refractivity contribution in [1.29, 1.82) is 0 Å². The molecule has 1 aromatic rings. The number of rotatable bonds is 2. The van der Waals surface area contributed by atoms with Gasteiger partial charge in [-0.25, -0.2) is 0 Å². The molecule has 1 aliphatic rings. The third-order valence-corrected chi connectivity index (χ3v) is 2.37. The van der Waals surface area contributed by atoms with Gasteiger partial charge in [0, 0.05) is 26.2 Å². The molecule has 0 N–H and O–H groups in total. The third-order valence-electron chi connectivity index (χ3n) is 2.37. The molecule has 1 fully saturated rings. The van der Waals surface area contributed by atoms with Crippen molar-refractivity contribution in [3.8, 4) is 0 Å². The van der Waals surface area contributed by atoms with Gasteiger partial charge in [-0.3, -0.25) is 4.90 Å². The maximum absolute atomic E-state index is 4.68. The first kappa shape index (κ1) is 8.65. The minimum atomic E-state index is 0.782. The minimum Gasteiger partial charge on any atom is -0.343 e. The van der Waals surface area contributed by atoms with Crippen LogP contribution in [0.3, 0.4) is 0 Å². The summed E-state index contributed by atoms with van der Waals surface area (Å²) >= 11 is 0. The molecule has 72 valence electrons. The molecule has 0 unspecified atom stereocenters. The van der Waals surface area contributed by atoms with E-state index in [0.717, 1.165) is 38.5 Å². The van der Waals surface area contributed by atoms with Gasteiger partial charge >= 0.3 is 0 Å². The standard InChI is InChI=1S/C8H14N4O/c1-11-2-4-12(5-3-11)6-8-9-7-13-10-8/h7H,2-6H2,1H3. The molecule has 0 amide bonds. The van der Waals surface area contributed by atoms with E-state index in [-0.39, 0.29) is 0 Å². The van der Waals surface area contributed by atoms with Gasteiger partial charge in [0.1, 0.15) is 0 Å². The second-order valence-electron chi connectivity index (χ2n) is 3.43. The van der Waals surface area contributed by atoms with Crippen LogP contribution < -0.4 is 0 Å². The van der Waals surface area contributed by atoms with Crippen LogP contribution in [0.15, 0.2) is 10.9 Å². The number of piperazine rings is 1. The lowest BCUT2D eigenvalue weighted by Gasteiger charge is -2.31. The fraction of sp³-hybridized carbons (Fsp3) is 0.750. The maximum atomic E-state index is 4.68. The second-order valence-corrected chi connectivity index (χ2v) is 3.43. The molecule has 0 bridgehead atoms. The third kappa shape index (κ3) is 2.26. The topological polar surface area (TPSA) is 45.4 Å². The molecule has 13 heavy (non-hydrogen) atoms. The molecule has 2 rings (SSSR count). The summed E-state index contributed by atoms with van der Waals surface area (Å²) in [6, 6.07) is 0. The molecule has 1 aliphatic heterocycles. The van der Waals surface area contributed by atoms with Gasteiger partial charge in [0.05, 0.1) is 6.54 Å². The van der Waals surface area contributed by atoms with Crippen LogP contribution in [0.25, 0.3) is 0 Å². The van der Waals surface area contributed by atoms with E-state index in [0.29, 0.717) is 0 Å². The summed E-state index contributed by atoms with van der Waals surface area (Å²) in [6.07, 6.45) is 1.38. The van der Waals surface area contributed by atoms with Crippen LogP contribution >= 0.6 is 0 Å². The lowest BCUT2D eigenvalue weighted by Crippen LogP contribution is -2.44. The van der Waals surface area contributed by atoms with Crippen molar-refractivity contribution in [2.24, 2.45) is 0 Å². The SMILES string of the molecule is CN1CCN(Cc2ncon2)CC1. The summed E-state index contributed by atoms with van der Waals surface area (Å²) in [4.78, 5) is 8.66. The molecule has 0 aromatic carbocycles. The maximum Gasteiger partial charge on any atom is 0.213 e. The highest BCUT2D eigenvalue weighted by molar-refractivity contribution is 4.80. The highest BCUT2D eigenvalue weighted by atomic mass is 16.5. The van der Waals surface area contributed by atoms with E-state index < -0.39 is 0 Å². The minimum absolute atomic E-state index is 0.782. The van der Waals surface area contributed by atoms with E-state index in [4.69, 9.17) is 0 Å². The lowest BCUT2D eigenvalue weighted by atomic mass is 10.3. The Labute approximate surface area is 77.3 Å². The summed E-state index contributed by atoms with van der Waals surface area (Å²) in [5.41, 5.74) is 0. The van der Waals surface area contributed by atoms with Crippen LogP contribution in [0.4, 0.5) is 0 Å². The van der Waals surface area contributed by atoms with Gasteiger partial charge in [0.15, 0.2) is 5.82 Å². The number of hydrogen-bond acceptors (Lipinski definition) is 5. The van der Waals surface area contributed by atoms with E-state index in [1.165, 1.54) is 6.39 Å². The molecule has 0 spiro atoms. The zero-order valence-electron chi connectivity index (χ0n) is 7.81. The number of nitrogens with zero attached hydrogens (tertiary/aromatic N) is 4. The summed E-state index contributed by atoms with van der Waals surface area (Å²) in [5.74, 6) is 0.782. The Morgan fingerprint density at radius 3 is 2.77 bits per heavy atom. The first-order valence-electron chi connectivity index (χ1n) is 4.51. The lowest BCUT2D eigenvalue weighted by molar-refractivity contribution is 0.144. The molecular weight excluding hydrogens is 168 g/mol. The Hall–Kier alpha value is -0.940. The van der Waals surface area contributed by atoms with Crippen molar-refractivity contribution >= 4 is 0 Å². The smallest absolute Gasteiger partial charge is 0.213 e. The average molecular weight is 182 g/mol. The summed E-state index contributed by atoms with van der Waals surface area (Å²) in [6.45, 7) is 5.23. The van der Waals surface area contributed by atoms with Crippen LogP contribution in [-0.4, -0.2) is 53.2 Å². The van der Waals surface area contributed by atoms with E-state index in [1.807, 2.05) is 0 Å². The van der Waals surface area contributed by atoms with E-state index in [2.05, 4.69) is 31.5 Å². The van der Waals surface area contributed by atoms with Crippen molar-refractivity contribution in [3.05, 3.63) is 12.2 Å². The Morgan fingerprint density at radius 1 is 1.38 bits per heavy atom. The number of hydrogen-bond donors (Lipinski definition) is 0. The van der Waals surface area contributed by atoms with Gasteiger partial charge < -0.3 is 9.42 Å². The Balaban J connectivity index is 1.83. The van der Waals surface area contributed by atoms with Gasteiger partial charge in [-0.05, 0) is 7.05 Å². The summed E-state index contributed by atoms with van der Waals surface area (Å²) < 4.78 is 4.68. The van der Waals surface area contributed by atoms with E-state index in [1.54, 1.807) is 0 Å². The molecule has 2 heterocycles. The molecule has 1 aromatic heterocycles. The number of aromatic nitrogens is 2. The van der Waals surface area contributed by atoms with Gasteiger partial charge in [0.25, 0.3) is 0 Å². The van der Waals surface area contributed by atoms with Crippen molar-refractivity contribution in [2.45, 2.75) is 6.54 Å².